The normalized spacial score (nSPS) is 10.9. The molecule has 0 amide bonds. The van der Waals surface area contributed by atoms with Gasteiger partial charge in [-0.3, -0.25) is 4.57 Å². The number of aromatic nitrogens is 2. The van der Waals surface area contributed by atoms with Gasteiger partial charge in [0.2, 0.25) is 0 Å². The Morgan fingerprint density at radius 1 is 1.23 bits per heavy atom. The molecule has 3 rings (SSSR count). The van der Waals surface area contributed by atoms with Gasteiger partial charge < -0.3 is 4.74 Å². The highest BCUT2D eigenvalue weighted by atomic mass is 19.1. The zero-order valence-electron chi connectivity index (χ0n) is 12.6. The molecule has 1 heterocycles. The highest BCUT2D eigenvalue weighted by Crippen LogP contribution is 2.26. The molecular formula is C17H15FN2O2. The van der Waals surface area contributed by atoms with Crippen LogP contribution in [0.5, 0.6) is 0 Å². The van der Waals surface area contributed by atoms with E-state index < -0.39 is 5.97 Å². The van der Waals surface area contributed by atoms with Crippen molar-refractivity contribution in [1.29, 1.82) is 0 Å². The van der Waals surface area contributed by atoms with Crippen LogP contribution >= 0.6 is 0 Å². The van der Waals surface area contributed by atoms with Crippen LogP contribution in [0.1, 0.15) is 21.7 Å². The molecule has 22 heavy (non-hydrogen) atoms. The number of nitrogens with zero attached hydrogens (tertiary/aromatic N) is 2. The Bertz CT molecular complexity index is 884. The zero-order valence-corrected chi connectivity index (χ0v) is 12.6. The molecule has 0 unspecified atom stereocenters. The van der Waals surface area contributed by atoms with Gasteiger partial charge in [0, 0.05) is 6.07 Å². The fraction of sp³-hybridized carbons (Fsp3) is 0.176. The second kappa shape index (κ2) is 5.26. The second-order valence-electron chi connectivity index (χ2n) is 5.07. The molecule has 0 saturated heterocycles. The van der Waals surface area contributed by atoms with Crippen molar-refractivity contribution in [3.05, 3.63) is 59.2 Å². The van der Waals surface area contributed by atoms with Crippen LogP contribution in [0.25, 0.3) is 16.7 Å². The lowest BCUT2D eigenvalue weighted by Gasteiger charge is -2.13. The maximum atomic E-state index is 13.6. The summed E-state index contributed by atoms with van der Waals surface area (Å²) >= 11 is 0. The molecule has 0 saturated carbocycles. The van der Waals surface area contributed by atoms with Gasteiger partial charge in [-0.25, -0.2) is 14.2 Å². The summed E-state index contributed by atoms with van der Waals surface area (Å²) in [6, 6.07) is 9.84. The molecule has 0 aliphatic heterocycles. The standard InChI is InChI=1S/C17H15FN2O2/c1-10-13(17(21)22-3)5-4-6-15(10)20-11(2)19-14-8-7-12(18)9-16(14)20/h4-9H,1-3H3. The molecule has 0 atom stereocenters. The van der Waals surface area contributed by atoms with E-state index in [1.54, 1.807) is 18.2 Å². The molecule has 0 spiro atoms. The van der Waals surface area contributed by atoms with Gasteiger partial charge in [0.05, 0.1) is 29.4 Å². The summed E-state index contributed by atoms with van der Waals surface area (Å²) in [6.45, 7) is 3.69. The summed E-state index contributed by atoms with van der Waals surface area (Å²) in [4.78, 5) is 16.3. The first-order chi connectivity index (χ1) is 10.5. The molecule has 0 aliphatic carbocycles. The molecule has 112 valence electrons. The van der Waals surface area contributed by atoms with Gasteiger partial charge in [0.15, 0.2) is 0 Å². The number of fused-ring (bicyclic) bond motifs is 1. The second-order valence-corrected chi connectivity index (χ2v) is 5.07. The van der Waals surface area contributed by atoms with Crippen molar-refractivity contribution in [2.24, 2.45) is 0 Å². The number of carbonyl (C=O) groups is 1. The van der Waals surface area contributed by atoms with E-state index in [-0.39, 0.29) is 5.82 Å². The van der Waals surface area contributed by atoms with Crippen molar-refractivity contribution in [2.75, 3.05) is 7.11 Å². The number of hydrogen-bond acceptors (Lipinski definition) is 3. The van der Waals surface area contributed by atoms with Gasteiger partial charge in [0.25, 0.3) is 0 Å². The largest absolute Gasteiger partial charge is 0.465 e. The Balaban J connectivity index is 2.30. The summed E-state index contributed by atoms with van der Waals surface area (Å²) in [7, 11) is 1.35. The highest BCUT2D eigenvalue weighted by Gasteiger charge is 2.16. The SMILES string of the molecule is COC(=O)c1cccc(-n2c(C)nc3ccc(F)cc32)c1C. The van der Waals surface area contributed by atoms with Gasteiger partial charge in [-0.15, -0.1) is 0 Å². The van der Waals surface area contributed by atoms with E-state index in [1.165, 1.54) is 19.2 Å². The predicted octanol–water partition coefficient (Wildman–Crippen LogP) is 3.57. The Morgan fingerprint density at radius 2 is 2.00 bits per heavy atom. The molecule has 0 radical (unpaired) electrons. The third-order valence-corrected chi connectivity index (χ3v) is 3.74. The third kappa shape index (κ3) is 2.15. The number of rotatable bonds is 2. The number of halogens is 1. The maximum absolute atomic E-state index is 13.6. The molecule has 5 heteroatoms. The van der Waals surface area contributed by atoms with Gasteiger partial charge in [-0.2, -0.15) is 0 Å². The lowest BCUT2D eigenvalue weighted by atomic mass is 10.1. The molecule has 2 aromatic carbocycles. The van der Waals surface area contributed by atoms with E-state index in [9.17, 15) is 9.18 Å². The first-order valence-electron chi connectivity index (χ1n) is 6.86. The van der Waals surface area contributed by atoms with Gasteiger partial charge >= 0.3 is 5.97 Å². The van der Waals surface area contributed by atoms with Crippen LogP contribution in [0, 0.1) is 19.7 Å². The summed E-state index contributed by atoms with van der Waals surface area (Å²) < 4.78 is 20.2. The van der Waals surface area contributed by atoms with E-state index in [4.69, 9.17) is 4.74 Å². The summed E-state index contributed by atoms with van der Waals surface area (Å²) in [6.07, 6.45) is 0. The molecular weight excluding hydrogens is 283 g/mol. The van der Waals surface area contributed by atoms with E-state index in [2.05, 4.69) is 4.98 Å². The summed E-state index contributed by atoms with van der Waals surface area (Å²) in [5, 5.41) is 0. The fourth-order valence-electron chi connectivity index (χ4n) is 2.67. The molecule has 0 fully saturated rings. The van der Waals surface area contributed by atoms with Crippen molar-refractivity contribution in [3.8, 4) is 5.69 Å². The number of benzene rings is 2. The van der Waals surface area contributed by atoms with Crippen LogP contribution in [0.4, 0.5) is 4.39 Å². The number of carbonyl (C=O) groups excluding carboxylic acids is 1. The van der Waals surface area contributed by atoms with Crippen LogP contribution in [-0.2, 0) is 4.74 Å². The third-order valence-electron chi connectivity index (χ3n) is 3.74. The van der Waals surface area contributed by atoms with Crippen molar-refractivity contribution in [2.45, 2.75) is 13.8 Å². The molecule has 0 aliphatic rings. The van der Waals surface area contributed by atoms with Crippen molar-refractivity contribution < 1.29 is 13.9 Å². The lowest BCUT2D eigenvalue weighted by Crippen LogP contribution is -2.08. The number of ether oxygens (including phenoxy) is 1. The summed E-state index contributed by atoms with van der Waals surface area (Å²) in [5.41, 5.74) is 3.41. The quantitative estimate of drug-likeness (QED) is 0.679. The minimum absolute atomic E-state index is 0.324. The molecule has 1 aromatic heterocycles. The van der Waals surface area contributed by atoms with E-state index in [0.29, 0.717) is 16.6 Å². The number of imidazole rings is 1. The van der Waals surface area contributed by atoms with Crippen molar-refractivity contribution >= 4 is 17.0 Å². The first-order valence-corrected chi connectivity index (χ1v) is 6.86. The van der Waals surface area contributed by atoms with E-state index >= 15 is 0 Å². The fourth-order valence-corrected chi connectivity index (χ4v) is 2.67. The first kappa shape index (κ1) is 14.3. The van der Waals surface area contributed by atoms with Gasteiger partial charge in [-0.1, -0.05) is 6.07 Å². The Labute approximate surface area is 127 Å². The number of hydrogen-bond donors (Lipinski definition) is 0. The molecule has 0 N–H and O–H groups in total. The Kier molecular flexibility index (Phi) is 3.41. The Morgan fingerprint density at radius 3 is 2.73 bits per heavy atom. The predicted molar refractivity (Wildman–Crippen MR) is 81.8 cm³/mol. The monoisotopic (exact) mass is 298 g/mol. The van der Waals surface area contributed by atoms with Crippen LogP contribution in [-0.4, -0.2) is 22.6 Å². The van der Waals surface area contributed by atoms with E-state index in [1.807, 2.05) is 24.5 Å². The minimum Gasteiger partial charge on any atom is -0.465 e. The van der Waals surface area contributed by atoms with Crippen LogP contribution in [0.3, 0.4) is 0 Å². The lowest BCUT2D eigenvalue weighted by molar-refractivity contribution is 0.0600. The van der Waals surface area contributed by atoms with Crippen LogP contribution in [0.15, 0.2) is 36.4 Å². The molecule has 0 bridgehead atoms. The van der Waals surface area contributed by atoms with Crippen LogP contribution in [0.2, 0.25) is 0 Å². The van der Waals surface area contributed by atoms with Crippen molar-refractivity contribution in [3.63, 3.8) is 0 Å². The van der Waals surface area contributed by atoms with Crippen molar-refractivity contribution in [1.82, 2.24) is 9.55 Å². The highest BCUT2D eigenvalue weighted by molar-refractivity contribution is 5.92. The van der Waals surface area contributed by atoms with E-state index in [0.717, 1.165) is 17.1 Å². The molecule has 4 nitrogen and oxygen atoms in total. The van der Waals surface area contributed by atoms with Crippen LogP contribution < -0.4 is 0 Å². The number of esters is 1. The number of aryl methyl sites for hydroxylation is 1. The average Bonchev–Trinajstić information content (AvgIpc) is 2.82. The summed E-state index contributed by atoms with van der Waals surface area (Å²) in [5.74, 6) is 0.00810. The maximum Gasteiger partial charge on any atom is 0.338 e. The van der Waals surface area contributed by atoms with Gasteiger partial charge in [-0.05, 0) is 43.7 Å². The zero-order chi connectivity index (χ0) is 15.9. The average molecular weight is 298 g/mol. The minimum atomic E-state index is -0.396. The topological polar surface area (TPSA) is 44.1 Å². The number of methoxy groups -OCH3 is 1. The molecule has 3 aromatic rings. The van der Waals surface area contributed by atoms with Gasteiger partial charge in [0.1, 0.15) is 11.6 Å². The Hall–Kier alpha value is -2.69. The smallest absolute Gasteiger partial charge is 0.338 e.